The topological polar surface area (TPSA) is 37.2 Å². The van der Waals surface area contributed by atoms with Crippen LogP contribution in [0.3, 0.4) is 0 Å². The van der Waals surface area contributed by atoms with Crippen LogP contribution in [0.15, 0.2) is 45.3 Å². The van der Waals surface area contributed by atoms with Crippen molar-refractivity contribution in [1.82, 2.24) is 9.88 Å². The van der Waals surface area contributed by atoms with Gasteiger partial charge in [0, 0.05) is 43.3 Å². The third-order valence-corrected chi connectivity index (χ3v) is 4.93. The Morgan fingerprint density at radius 1 is 1.00 bits per heavy atom. The normalized spacial score (nSPS) is 13.3. The van der Waals surface area contributed by atoms with Crippen molar-refractivity contribution >= 4 is 53.7 Å². The molecule has 1 aromatic heterocycles. The fourth-order valence-electron chi connectivity index (χ4n) is 2.89. The van der Waals surface area contributed by atoms with Gasteiger partial charge in [-0.1, -0.05) is 45.7 Å². The van der Waals surface area contributed by atoms with E-state index >= 15 is 0 Å². The number of halogens is 2. The van der Waals surface area contributed by atoms with Gasteiger partial charge in [-0.15, -0.1) is 0 Å². The molecule has 3 aromatic rings. The number of rotatable bonds is 5. The van der Waals surface area contributed by atoms with Crippen LogP contribution < -0.4 is 5.32 Å². The highest BCUT2D eigenvalue weighted by Crippen LogP contribution is 2.33. The number of nitrogens with one attached hydrogen (secondary N) is 1. The van der Waals surface area contributed by atoms with Gasteiger partial charge in [-0.2, -0.15) is 0 Å². The molecule has 0 radical (unpaired) electrons. The van der Waals surface area contributed by atoms with Gasteiger partial charge in [0.2, 0.25) is 0 Å². The van der Waals surface area contributed by atoms with E-state index in [1.807, 2.05) is 12.1 Å². The molecule has 1 atom stereocenters. The van der Waals surface area contributed by atoms with E-state index in [4.69, 9.17) is 0 Å². The van der Waals surface area contributed by atoms with Crippen LogP contribution in [-0.4, -0.2) is 28.4 Å². The van der Waals surface area contributed by atoms with E-state index in [1.165, 1.54) is 10.8 Å². The third kappa shape index (κ3) is 3.63. The molecule has 0 aliphatic rings. The summed E-state index contributed by atoms with van der Waals surface area (Å²) in [6.45, 7) is 5.33. The van der Waals surface area contributed by atoms with Gasteiger partial charge in [0.1, 0.15) is 0 Å². The second-order valence-corrected chi connectivity index (χ2v) is 7.98. The molecular weight excluding hydrogens is 420 g/mol. The Hall–Kier alpha value is -0.880. The number of aliphatic hydroxyl groups excluding tert-OH is 1. The highest BCUT2D eigenvalue weighted by atomic mass is 79.9. The maximum Gasteiger partial charge on any atom is 0.0843 e. The summed E-state index contributed by atoms with van der Waals surface area (Å²) in [4.78, 5) is 0. The van der Waals surface area contributed by atoms with Crippen LogP contribution in [-0.2, 0) is 6.54 Å². The molecule has 0 unspecified atom stereocenters. The molecule has 2 N–H and O–H groups in total. The number of aromatic nitrogens is 1. The van der Waals surface area contributed by atoms with Gasteiger partial charge in [-0.3, -0.25) is 0 Å². The highest BCUT2D eigenvalue weighted by molar-refractivity contribution is 9.10. The van der Waals surface area contributed by atoms with Crippen molar-refractivity contribution in [3.05, 3.63) is 45.3 Å². The second kappa shape index (κ2) is 6.93. The number of hydrogen-bond donors (Lipinski definition) is 2. The number of benzene rings is 2. The van der Waals surface area contributed by atoms with E-state index in [9.17, 15) is 5.11 Å². The lowest BCUT2D eigenvalue weighted by molar-refractivity contribution is 0.151. The van der Waals surface area contributed by atoms with E-state index in [-0.39, 0.29) is 0 Å². The number of fused-ring (bicyclic) bond motifs is 3. The monoisotopic (exact) mass is 438 g/mol. The molecule has 0 saturated carbocycles. The van der Waals surface area contributed by atoms with Gasteiger partial charge in [0.25, 0.3) is 0 Å². The summed E-state index contributed by atoms with van der Waals surface area (Å²) in [5.41, 5.74) is 2.29. The summed E-state index contributed by atoms with van der Waals surface area (Å²) in [5, 5.41) is 16.1. The highest BCUT2D eigenvalue weighted by Gasteiger charge is 2.14. The molecule has 0 amide bonds. The largest absolute Gasteiger partial charge is 0.390 e. The molecule has 5 heteroatoms. The van der Waals surface area contributed by atoms with E-state index < -0.39 is 6.10 Å². The number of nitrogens with zero attached hydrogens (tertiary/aromatic N) is 1. The summed E-state index contributed by atoms with van der Waals surface area (Å²) in [6, 6.07) is 13.0. The van der Waals surface area contributed by atoms with Crippen molar-refractivity contribution in [3.63, 3.8) is 0 Å². The van der Waals surface area contributed by atoms with Gasteiger partial charge in [0.05, 0.1) is 12.6 Å². The minimum Gasteiger partial charge on any atom is -0.390 e. The molecule has 0 aliphatic carbocycles. The minimum atomic E-state index is -0.427. The molecule has 0 aliphatic heterocycles. The predicted molar refractivity (Wildman–Crippen MR) is 104 cm³/mol. The Morgan fingerprint density at radius 2 is 1.52 bits per heavy atom. The summed E-state index contributed by atoms with van der Waals surface area (Å²) >= 11 is 7.11. The van der Waals surface area contributed by atoms with Crippen molar-refractivity contribution < 1.29 is 5.11 Å². The predicted octanol–water partition coefficient (Wildman–Crippen LogP) is 4.68. The second-order valence-electron chi connectivity index (χ2n) is 6.15. The Bertz CT molecular complexity index is 783. The first kappa shape index (κ1) is 17.0. The third-order valence-electron chi connectivity index (χ3n) is 3.94. The lowest BCUT2D eigenvalue weighted by atomic mass is 10.2. The van der Waals surface area contributed by atoms with Gasteiger partial charge in [0.15, 0.2) is 0 Å². The molecule has 0 spiro atoms. The Labute approximate surface area is 152 Å². The zero-order valence-electron chi connectivity index (χ0n) is 13.2. The maximum atomic E-state index is 10.4. The van der Waals surface area contributed by atoms with Crippen LogP contribution >= 0.6 is 31.9 Å². The van der Waals surface area contributed by atoms with Crippen LogP contribution in [0.1, 0.15) is 13.8 Å². The number of aliphatic hydroxyl groups is 1. The van der Waals surface area contributed by atoms with E-state index in [2.05, 4.69) is 79.9 Å². The summed E-state index contributed by atoms with van der Waals surface area (Å²) in [6.07, 6.45) is -0.427. The van der Waals surface area contributed by atoms with Crippen LogP contribution in [0, 0.1) is 0 Å². The molecule has 3 rings (SSSR count). The van der Waals surface area contributed by atoms with Crippen molar-refractivity contribution in [1.29, 1.82) is 0 Å². The first-order chi connectivity index (χ1) is 11.0. The van der Waals surface area contributed by atoms with Crippen molar-refractivity contribution in [2.24, 2.45) is 0 Å². The first-order valence-electron chi connectivity index (χ1n) is 7.74. The van der Waals surface area contributed by atoms with Crippen LogP contribution in [0.5, 0.6) is 0 Å². The Morgan fingerprint density at radius 3 is 2.00 bits per heavy atom. The van der Waals surface area contributed by atoms with Crippen molar-refractivity contribution in [3.8, 4) is 0 Å². The molecular formula is C18H20Br2N2O. The quantitative estimate of drug-likeness (QED) is 0.605. The lowest BCUT2D eigenvalue weighted by Crippen LogP contribution is -2.34. The fourth-order valence-corrected chi connectivity index (χ4v) is 3.61. The molecule has 0 saturated heterocycles. The molecule has 122 valence electrons. The van der Waals surface area contributed by atoms with Crippen LogP contribution in [0.4, 0.5) is 0 Å². The van der Waals surface area contributed by atoms with Crippen LogP contribution in [0.2, 0.25) is 0 Å². The summed E-state index contributed by atoms with van der Waals surface area (Å²) in [5.74, 6) is 0. The van der Waals surface area contributed by atoms with E-state index in [1.54, 1.807) is 0 Å². The molecule has 0 fully saturated rings. The molecule has 1 heterocycles. The Kier molecular flexibility index (Phi) is 5.11. The first-order valence-corrected chi connectivity index (χ1v) is 9.33. The van der Waals surface area contributed by atoms with Gasteiger partial charge >= 0.3 is 0 Å². The van der Waals surface area contributed by atoms with E-state index in [0.717, 1.165) is 20.0 Å². The molecule has 3 nitrogen and oxygen atoms in total. The minimum absolute atomic E-state index is 0.370. The Balaban J connectivity index is 2.07. The average molecular weight is 440 g/mol. The van der Waals surface area contributed by atoms with Crippen LogP contribution in [0.25, 0.3) is 21.8 Å². The zero-order chi connectivity index (χ0) is 16.6. The smallest absolute Gasteiger partial charge is 0.0843 e. The van der Waals surface area contributed by atoms with Crippen molar-refractivity contribution in [2.75, 3.05) is 6.54 Å². The summed E-state index contributed by atoms with van der Waals surface area (Å²) < 4.78 is 4.33. The SMILES string of the molecule is CC(C)NC[C@@H](O)Cn1c2ccc(Br)cc2c2cc(Br)ccc21. The lowest BCUT2D eigenvalue weighted by Gasteiger charge is -2.16. The fraction of sp³-hybridized carbons (Fsp3) is 0.333. The zero-order valence-corrected chi connectivity index (χ0v) is 16.4. The number of hydrogen-bond acceptors (Lipinski definition) is 2. The van der Waals surface area contributed by atoms with Gasteiger partial charge < -0.3 is 15.0 Å². The standard InChI is InChI=1S/C18H20Br2N2O/c1-11(2)21-9-14(23)10-22-17-5-3-12(19)7-15(17)16-8-13(20)4-6-18(16)22/h3-8,11,14,21,23H,9-10H2,1-2H3/t14-/m1/s1. The molecule has 0 bridgehead atoms. The molecule has 2 aromatic carbocycles. The van der Waals surface area contributed by atoms with E-state index in [0.29, 0.717) is 19.1 Å². The molecule has 23 heavy (non-hydrogen) atoms. The van der Waals surface area contributed by atoms with Gasteiger partial charge in [-0.25, -0.2) is 0 Å². The van der Waals surface area contributed by atoms with Gasteiger partial charge in [-0.05, 0) is 36.4 Å². The maximum absolute atomic E-state index is 10.4. The van der Waals surface area contributed by atoms with Crippen molar-refractivity contribution in [2.45, 2.75) is 32.5 Å². The average Bonchev–Trinajstić information content (AvgIpc) is 2.78. The summed E-state index contributed by atoms with van der Waals surface area (Å²) in [7, 11) is 0.